The Labute approximate surface area is 140 Å². The fourth-order valence-corrected chi connectivity index (χ4v) is 3.02. The molecule has 9 heteroatoms. The lowest BCUT2D eigenvalue weighted by Crippen LogP contribution is -2.53. The summed E-state index contributed by atoms with van der Waals surface area (Å²) in [6, 6.07) is 0. The Hall–Kier alpha value is -2.03. The summed E-state index contributed by atoms with van der Waals surface area (Å²) < 4.78 is 9.84. The summed E-state index contributed by atoms with van der Waals surface area (Å²) in [5, 5.41) is 12.9. The van der Waals surface area contributed by atoms with Crippen molar-refractivity contribution in [3.8, 4) is 0 Å². The summed E-state index contributed by atoms with van der Waals surface area (Å²) in [7, 11) is 1.87. The van der Waals surface area contributed by atoms with Crippen LogP contribution in [0.2, 0.25) is 0 Å². The number of carboxylic acid groups (broad SMARTS) is 1. The van der Waals surface area contributed by atoms with Crippen LogP contribution in [0.4, 0.5) is 0 Å². The van der Waals surface area contributed by atoms with Crippen molar-refractivity contribution in [2.45, 2.75) is 32.2 Å². The number of hydrogen-bond donors (Lipinski definition) is 1. The van der Waals surface area contributed by atoms with Gasteiger partial charge < -0.3 is 19.5 Å². The number of esters is 2. The van der Waals surface area contributed by atoms with E-state index in [2.05, 4.69) is 5.18 Å². The SMILES string of the molecule is CC(=O)OCC(COC(C)=O)C(C(=O)O)C1(N=O)CCN(C)CC1. The van der Waals surface area contributed by atoms with Crippen LogP contribution in [0.1, 0.15) is 26.7 Å². The van der Waals surface area contributed by atoms with Crippen LogP contribution in [-0.4, -0.2) is 66.8 Å². The van der Waals surface area contributed by atoms with Gasteiger partial charge in [-0.15, -0.1) is 0 Å². The van der Waals surface area contributed by atoms with Gasteiger partial charge in [-0.3, -0.25) is 14.4 Å². The van der Waals surface area contributed by atoms with E-state index < -0.39 is 35.3 Å². The molecule has 136 valence electrons. The molecule has 0 saturated carbocycles. The molecule has 1 fully saturated rings. The van der Waals surface area contributed by atoms with E-state index in [0.29, 0.717) is 13.1 Å². The maximum Gasteiger partial charge on any atom is 0.309 e. The summed E-state index contributed by atoms with van der Waals surface area (Å²) in [5.41, 5.74) is -1.32. The maximum atomic E-state index is 11.9. The third kappa shape index (κ3) is 5.26. The van der Waals surface area contributed by atoms with Crippen molar-refractivity contribution < 1.29 is 29.0 Å². The van der Waals surface area contributed by atoms with E-state index in [9.17, 15) is 24.4 Å². The topological polar surface area (TPSA) is 123 Å². The Morgan fingerprint density at radius 1 is 1.12 bits per heavy atom. The van der Waals surface area contributed by atoms with Crippen molar-refractivity contribution in [1.82, 2.24) is 4.90 Å². The molecular formula is C15H24N2O7. The minimum absolute atomic E-state index is 0.257. The van der Waals surface area contributed by atoms with Gasteiger partial charge in [0, 0.05) is 32.9 Å². The van der Waals surface area contributed by atoms with Crippen molar-refractivity contribution in [3.63, 3.8) is 0 Å². The van der Waals surface area contributed by atoms with Crippen LogP contribution in [0.15, 0.2) is 5.18 Å². The molecule has 1 saturated heterocycles. The highest BCUT2D eigenvalue weighted by atomic mass is 16.5. The molecule has 24 heavy (non-hydrogen) atoms. The second-order valence-corrected chi connectivity index (χ2v) is 6.18. The van der Waals surface area contributed by atoms with Gasteiger partial charge in [-0.25, -0.2) is 0 Å². The Morgan fingerprint density at radius 3 is 1.92 bits per heavy atom. The molecule has 1 rings (SSSR count). The van der Waals surface area contributed by atoms with Gasteiger partial charge >= 0.3 is 17.9 Å². The van der Waals surface area contributed by atoms with Crippen LogP contribution >= 0.6 is 0 Å². The Kier molecular flexibility index (Phi) is 7.27. The molecule has 1 N–H and O–H groups in total. The Balaban J connectivity index is 3.07. The summed E-state index contributed by atoms with van der Waals surface area (Å²) in [6.07, 6.45) is 0.557. The molecule has 0 radical (unpaired) electrons. The molecule has 9 nitrogen and oxygen atoms in total. The predicted octanol–water partition coefficient (Wildman–Crippen LogP) is 0.660. The largest absolute Gasteiger partial charge is 0.481 e. The number of piperidine rings is 1. The zero-order valence-electron chi connectivity index (χ0n) is 14.2. The van der Waals surface area contributed by atoms with Gasteiger partial charge in [0.05, 0.1) is 19.1 Å². The normalized spacial score (nSPS) is 18.7. The molecule has 0 aromatic carbocycles. The summed E-state index contributed by atoms with van der Waals surface area (Å²) in [5.74, 6) is -4.44. The zero-order valence-corrected chi connectivity index (χ0v) is 14.2. The van der Waals surface area contributed by atoms with E-state index in [4.69, 9.17) is 9.47 Å². The van der Waals surface area contributed by atoms with E-state index >= 15 is 0 Å². The highest BCUT2D eigenvalue weighted by molar-refractivity contribution is 5.73. The number of likely N-dealkylation sites (tertiary alicyclic amines) is 1. The standard InChI is InChI=1S/C15H24N2O7/c1-10(18)23-8-12(9-24-11(2)19)13(14(20)21)15(16-22)4-6-17(3)7-5-15/h12-13H,4-9H2,1-3H3,(H,20,21). The number of nitrogens with zero attached hydrogens (tertiary/aromatic N) is 2. The highest BCUT2D eigenvalue weighted by Gasteiger charge is 2.51. The summed E-state index contributed by atoms with van der Waals surface area (Å²) >= 11 is 0. The predicted molar refractivity (Wildman–Crippen MR) is 83.1 cm³/mol. The highest BCUT2D eigenvalue weighted by Crippen LogP contribution is 2.38. The van der Waals surface area contributed by atoms with E-state index in [1.54, 1.807) is 0 Å². The number of rotatable bonds is 8. The Bertz CT molecular complexity index is 468. The summed E-state index contributed by atoms with van der Waals surface area (Å²) in [4.78, 5) is 47.6. The van der Waals surface area contributed by atoms with Gasteiger partial charge in [-0.2, -0.15) is 4.91 Å². The fourth-order valence-electron chi connectivity index (χ4n) is 3.02. The smallest absolute Gasteiger partial charge is 0.309 e. The molecule has 0 aromatic rings. The van der Waals surface area contributed by atoms with Crippen molar-refractivity contribution in [2.75, 3.05) is 33.4 Å². The molecule has 0 aromatic heterocycles. The maximum absolute atomic E-state index is 11.9. The van der Waals surface area contributed by atoms with Crippen molar-refractivity contribution in [2.24, 2.45) is 17.0 Å². The molecule has 0 aliphatic carbocycles. The van der Waals surface area contributed by atoms with Crippen LogP contribution in [0.5, 0.6) is 0 Å². The second kappa shape index (κ2) is 8.72. The first-order chi connectivity index (χ1) is 11.2. The number of carbonyl (C=O) groups is 3. The van der Waals surface area contributed by atoms with Crippen LogP contribution in [0.25, 0.3) is 0 Å². The molecular weight excluding hydrogens is 320 g/mol. The van der Waals surface area contributed by atoms with Gasteiger partial charge in [0.2, 0.25) is 0 Å². The van der Waals surface area contributed by atoms with Crippen LogP contribution in [0, 0.1) is 16.7 Å². The van der Waals surface area contributed by atoms with Gasteiger partial charge in [-0.1, -0.05) is 5.18 Å². The lowest BCUT2D eigenvalue weighted by Gasteiger charge is -2.41. The molecule has 1 atom stereocenters. The average molecular weight is 344 g/mol. The van der Waals surface area contributed by atoms with Gasteiger partial charge in [-0.05, 0) is 19.9 Å². The number of carboxylic acids is 1. The molecule has 1 aliphatic rings. The van der Waals surface area contributed by atoms with Gasteiger partial charge in [0.1, 0.15) is 5.54 Å². The number of hydrogen-bond acceptors (Lipinski definition) is 8. The van der Waals surface area contributed by atoms with Crippen molar-refractivity contribution in [3.05, 3.63) is 4.91 Å². The number of nitroso groups, excluding NO2 is 1. The minimum atomic E-state index is -1.32. The van der Waals surface area contributed by atoms with Crippen molar-refractivity contribution in [1.29, 1.82) is 0 Å². The molecule has 0 spiro atoms. The average Bonchev–Trinajstić information content (AvgIpc) is 2.51. The lowest BCUT2D eigenvalue weighted by atomic mass is 9.71. The molecule has 1 aliphatic heterocycles. The molecule has 0 amide bonds. The van der Waals surface area contributed by atoms with Gasteiger partial charge in [0.25, 0.3) is 0 Å². The zero-order chi connectivity index (χ0) is 18.3. The molecule has 1 heterocycles. The number of ether oxygens (including phenoxy) is 2. The summed E-state index contributed by atoms with van der Waals surface area (Å²) in [6.45, 7) is 2.94. The Morgan fingerprint density at radius 2 is 1.58 bits per heavy atom. The third-order valence-electron chi connectivity index (χ3n) is 4.35. The van der Waals surface area contributed by atoms with E-state index in [1.165, 1.54) is 13.8 Å². The first-order valence-electron chi connectivity index (χ1n) is 7.74. The monoisotopic (exact) mass is 344 g/mol. The number of carbonyl (C=O) groups excluding carboxylic acids is 2. The first-order valence-corrected chi connectivity index (χ1v) is 7.74. The van der Waals surface area contributed by atoms with Gasteiger partial charge in [0.15, 0.2) is 0 Å². The van der Waals surface area contributed by atoms with E-state index in [0.717, 1.165) is 0 Å². The van der Waals surface area contributed by atoms with Crippen LogP contribution in [-0.2, 0) is 23.9 Å². The van der Waals surface area contributed by atoms with E-state index in [1.807, 2.05) is 11.9 Å². The lowest BCUT2D eigenvalue weighted by molar-refractivity contribution is -0.159. The quantitative estimate of drug-likeness (QED) is 0.503. The van der Waals surface area contributed by atoms with Crippen LogP contribution < -0.4 is 0 Å². The second-order valence-electron chi connectivity index (χ2n) is 6.18. The van der Waals surface area contributed by atoms with Crippen LogP contribution in [0.3, 0.4) is 0 Å². The fraction of sp³-hybridized carbons (Fsp3) is 0.800. The third-order valence-corrected chi connectivity index (χ3v) is 4.35. The first kappa shape index (κ1) is 20.0. The minimum Gasteiger partial charge on any atom is -0.481 e. The number of aliphatic carboxylic acids is 1. The molecule has 1 unspecified atom stereocenters. The molecule has 0 bridgehead atoms. The van der Waals surface area contributed by atoms with Crippen molar-refractivity contribution >= 4 is 17.9 Å². The van der Waals surface area contributed by atoms with E-state index in [-0.39, 0.29) is 26.1 Å².